The number of carboxylic acid groups (broad SMARTS) is 1. The highest BCUT2D eigenvalue weighted by Crippen LogP contribution is 2.36. The van der Waals surface area contributed by atoms with E-state index in [9.17, 15) is 14.4 Å². The molecule has 0 spiro atoms. The molecule has 150 valence electrons. The summed E-state index contributed by atoms with van der Waals surface area (Å²) in [7, 11) is 0. The Morgan fingerprint density at radius 3 is 2.36 bits per heavy atom. The van der Waals surface area contributed by atoms with Crippen LogP contribution in [0.1, 0.15) is 50.0 Å². The maximum Gasteiger partial charge on any atom is 0.306 e. The van der Waals surface area contributed by atoms with Gasteiger partial charge in [-0.3, -0.25) is 19.7 Å². The van der Waals surface area contributed by atoms with Crippen LogP contribution in [0.5, 0.6) is 0 Å². The van der Waals surface area contributed by atoms with Crippen molar-refractivity contribution < 1.29 is 19.5 Å². The van der Waals surface area contributed by atoms with Crippen LogP contribution in [0.15, 0.2) is 24.3 Å². The lowest BCUT2D eigenvalue weighted by molar-refractivity contribution is -0.147. The van der Waals surface area contributed by atoms with Crippen molar-refractivity contribution in [2.24, 2.45) is 5.92 Å². The molecule has 1 aromatic rings. The summed E-state index contributed by atoms with van der Waals surface area (Å²) in [4.78, 5) is 36.5. The van der Waals surface area contributed by atoms with E-state index in [1.54, 1.807) is 0 Å². The maximum absolute atomic E-state index is 11.9. The molecule has 1 atom stereocenters. The Labute approximate surface area is 164 Å². The fourth-order valence-corrected chi connectivity index (χ4v) is 4.57. The number of nitrogens with zero attached hydrogens (tertiary/aromatic N) is 1. The molecule has 2 heterocycles. The molecule has 3 aliphatic rings. The average Bonchev–Trinajstić information content (AvgIpc) is 2.64. The van der Waals surface area contributed by atoms with Crippen LogP contribution >= 0.6 is 0 Å². The minimum atomic E-state index is -0.655. The summed E-state index contributed by atoms with van der Waals surface area (Å²) in [6, 6.07) is 8.35. The summed E-state index contributed by atoms with van der Waals surface area (Å²) in [5.41, 5.74) is 2.20. The van der Waals surface area contributed by atoms with E-state index in [0.717, 1.165) is 44.5 Å². The standard InChI is InChI=1S/C21H27N3O4/c25-19-6-5-18(20(26)23-19)22-16-3-1-13(2-4-16)14-7-9-24(10-8-14)17-11-15(12-17)21(27)28/h1-4,14-15,17-18,22H,5-12H2,(H,27,28)(H,23,25,26). The van der Waals surface area contributed by atoms with Crippen LogP contribution in [0.25, 0.3) is 0 Å². The minimum absolute atomic E-state index is 0.146. The van der Waals surface area contributed by atoms with Gasteiger partial charge in [-0.15, -0.1) is 0 Å². The molecule has 4 rings (SSSR count). The number of benzene rings is 1. The molecule has 1 aromatic carbocycles. The zero-order chi connectivity index (χ0) is 19.7. The van der Waals surface area contributed by atoms with Crippen LogP contribution in [0.4, 0.5) is 5.69 Å². The second-order valence-corrected chi connectivity index (χ2v) is 8.24. The molecule has 1 unspecified atom stereocenters. The van der Waals surface area contributed by atoms with E-state index in [2.05, 4.69) is 27.7 Å². The number of nitrogens with one attached hydrogen (secondary N) is 2. The highest BCUT2D eigenvalue weighted by atomic mass is 16.4. The highest BCUT2D eigenvalue weighted by molar-refractivity contribution is 6.01. The van der Waals surface area contributed by atoms with Gasteiger partial charge in [-0.1, -0.05) is 12.1 Å². The number of carboxylic acids is 1. The summed E-state index contributed by atoms with van der Waals surface area (Å²) in [6.45, 7) is 2.05. The van der Waals surface area contributed by atoms with Crippen molar-refractivity contribution in [1.82, 2.24) is 10.2 Å². The number of carbonyl (C=O) groups excluding carboxylic acids is 2. The maximum atomic E-state index is 11.9. The van der Waals surface area contributed by atoms with Gasteiger partial charge in [-0.25, -0.2) is 0 Å². The molecule has 1 saturated carbocycles. The summed E-state index contributed by atoms with van der Waals surface area (Å²) >= 11 is 0. The lowest BCUT2D eigenvalue weighted by atomic mass is 9.78. The van der Waals surface area contributed by atoms with Crippen LogP contribution in [-0.2, 0) is 14.4 Å². The van der Waals surface area contributed by atoms with E-state index < -0.39 is 5.97 Å². The van der Waals surface area contributed by atoms with Crippen molar-refractivity contribution in [3.63, 3.8) is 0 Å². The number of carbonyl (C=O) groups is 3. The first-order valence-electron chi connectivity index (χ1n) is 10.2. The monoisotopic (exact) mass is 385 g/mol. The number of amides is 2. The lowest BCUT2D eigenvalue weighted by Gasteiger charge is -2.44. The molecule has 7 nitrogen and oxygen atoms in total. The fraction of sp³-hybridized carbons (Fsp3) is 0.571. The van der Waals surface area contributed by atoms with Crippen LogP contribution < -0.4 is 10.6 Å². The molecule has 3 fully saturated rings. The Hall–Kier alpha value is -2.41. The quantitative estimate of drug-likeness (QED) is 0.670. The van der Waals surface area contributed by atoms with Gasteiger partial charge < -0.3 is 15.3 Å². The summed E-state index contributed by atoms with van der Waals surface area (Å²) in [5.74, 6) is -0.737. The Bertz CT molecular complexity index is 749. The van der Waals surface area contributed by atoms with Crippen LogP contribution in [0.3, 0.4) is 0 Å². The van der Waals surface area contributed by atoms with E-state index in [4.69, 9.17) is 5.11 Å². The van der Waals surface area contributed by atoms with Crippen molar-refractivity contribution in [3.8, 4) is 0 Å². The van der Waals surface area contributed by atoms with Gasteiger partial charge in [0.2, 0.25) is 11.8 Å². The molecule has 3 N–H and O–H groups in total. The number of likely N-dealkylation sites (tertiary alicyclic amines) is 1. The van der Waals surface area contributed by atoms with Gasteiger partial charge in [0.1, 0.15) is 6.04 Å². The second kappa shape index (κ2) is 7.91. The summed E-state index contributed by atoms with van der Waals surface area (Å²) < 4.78 is 0. The van der Waals surface area contributed by atoms with E-state index in [0.29, 0.717) is 24.8 Å². The molecule has 1 aliphatic carbocycles. The first kappa shape index (κ1) is 18.9. The minimum Gasteiger partial charge on any atom is -0.481 e. The number of hydrogen-bond acceptors (Lipinski definition) is 5. The van der Waals surface area contributed by atoms with Crippen molar-refractivity contribution in [2.45, 2.75) is 56.5 Å². The van der Waals surface area contributed by atoms with Crippen LogP contribution in [-0.4, -0.2) is 53.0 Å². The SMILES string of the molecule is O=C1CCC(Nc2ccc(C3CCN(C4CC(C(=O)O)C4)CC3)cc2)C(=O)N1. The lowest BCUT2D eigenvalue weighted by Crippen LogP contribution is -2.49. The molecule has 2 amide bonds. The van der Waals surface area contributed by atoms with E-state index in [1.165, 1.54) is 5.56 Å². The summed E-state index contributed by atoms with van der Waals surface area (Å²) in [6.07, 6.45) is 4.66. The Morgan fingerprint density at radius 2 is 1.75 bits per heavy atom. The van der Waals surface area contributed by atoms with Crippen molar-refractivity contribution >= 4 is 23.5 Å². The zero-order valence-corrected chi connectivity index (χ0v) is 15.9. The van der Waals surface area contributed by atoms with E-state index in [-0.39, 0.29) is 23.8 Å². The zero-order valence-electron chi connectivity index (χ0n) is 15.9. The molecule has 0 aromatic heterocycles. The average molecular weight is 385 g/mol. The Morgan fingerprint density at radius 1 is 1.07 bits per heavy atom. The van der Waals surface area contributed by atoms with Gasteiger partial charge in [0.05, 0.1) is 5.92 Å². The molecule has 28 heavy (non-hydrogen) atoms. The first-order chi connectivity index (χ1) is 13.5. The van der Waals surface area contributed by atoms with E-state index in [1.807, 2.05) is 12.1 Å². The van der Waals surface area contributed by atoms with Gasteiger partial charge in [0, 0.05) is 18.2 Å². The number of anilines is 1. The number of piperidine rings is 2. The molecule has 2 saturated heterocycles. The number of hydrogen-bond donors (Lipinski definition) is 3. The van der Waals surface area contributed by atoms with E-state index >= 15 is 0 Å². The molecule has 2 aliphatic heterocycles. The van der Waals surface area contributed by atoms with Gasteiger partial charge in [-0.05, 0) is 68.8 Å². The molecule has 0 radical (unpaired) electrons. The number of rotatable bonds is 5. The Balaban J connectivity index is 1.26. The van der Waals surface area contributed by atoms with Gasteiger partial charge in [0.15, 0.2) is 0 Å². The summed E-state index contributed by atoms with van der Waals surface area (Å²) in [5, 5.41) is 14.6. The van der Waals surface area contributed by atoms with Crippen molar-refractivity contribution in [3.05, 3.63) is 29.8 Å². The molecular weight excluding hydrogens is 358 g/mol. The van der Waals surface area contributed by atoms with Gasteiger partial charge >= 0.3 is 5.97 Å². The Kier molecular flexibility index (Phi) is 5.35. The van der Waals surface area contributed by atoms with Crippen molar-refractivity contribution in [1.29, 1.82) is 0 Å². The second-order valence-electron chi connectivity index (χ2n) is 8.24. The van der Waals surface area contributed by atoms with Gasteiger partial charge in [0.25, 0.3) is 0 Å². The third kappa shape index (κ3) is 4.04. The normalized spacial score (nSPS) is 29.1. The highest BCUT2D eigenvalue weighted by Gasteiger charge is 2.39. The molecule has 7 heteroatoms. The largest absolute Gasteiger partial charge is 0.481 e. The fourth-order valence-electron chi connectivity index (χ4n) is 4.57. The van der Waals surface area contributed by atoms with Crippen molar-refractivity contribution in [2.75, 3.05) is 18.4 Å². The topological polar surface area (TPSA) is 98.7 Å². The smallest absolute Gasteiger partial charge is 0.306 e. The van der Waals surface area contributed by atoms with Gasteiger partial charge in [-0.2, -0.15) is 0 Å². The predicted molar refractivity (Wildman–Crippen MR) is 104 cm³/mol. The molecule has 0 bridgehead atoms. The van der Waals surface area contributed by atoms with Crippen LogP contribution in [0.2, 0.25) is 0 Å². The molecular formula is C21H27N3O4. The first-order valence-corrected chi connectivity index (χ1v) is 10.2. The predicted octanol–water partition coefficient (Wildman–Crippen LogP) is 1.95. The number of aliphatic carboxylic acids is 1. The number of imide groups is 1. The third-order valence-corrected chi connectivity index (χ3v) is 6.47. The third-order valence-electron chi connectivity index (χ3n) is 6.47. The van der Waals surface area contributed by atoms with Crippen LogP contribution in [0, 0.1) is 5.92 Å².